The van der Waals surface area contributed by atoms with Gasteiger partial charge in [0.25, 0.3) is 10.0 Å². The zero-order valence-electron chi connectivity index (χ0n) is 23.2. The highest BCUT2D eigenvalue weighted by molar-refractivity contribution is 7.92. The molecule has 39 heavy (non-hydrogen) atoms. The molecule has 0 saturated heterocycles. The van der Waals surface area contributed by atoms with Crippen LogP contribution in [-0.2, 0) is 26.2 Å². The molecule has 9 heteroatoms. The van der Waals surface area contributed by atoms with Crippen molar-refractivity contribution in [1.29, 1.82) is 0 Å². The second-order valence-corrected chi connectivity index (χ2v) is 13.0. The summed E-state index contributed by atoms with van der Waals surface area (Å²) in [6.07, 6.45) is 0. The van der Waals surface area contributed by atoms with E-state index in [9.17, 15) is 18.0 Å². The van der Waals surface area contributed by atoms with Crippen molar-refractivity contribution in [2.45, 2.75) is 64.6 Å². The average molecular weight is 570 g/mol. The smallest absolute Gasteiger partial charge is 0.264 e. The summed E-state index contributed by atoms with van der Waals surface area (Å²) in [5, 5.41) is 3.41. The molecule has 2 amide bonds. The SMILES string of the molecule is Cc1ccc(N(CC(=O)N(Cc2cccc(Cl)c2)[C@@H](C)C(=O)NC(C)(C)C)S(=O)(=O)c2ccc(C)cc2)cc1. The summed E-state index contributed by atoms with van der Waals surface area (Å²) in [6, 6.07) is 19.5. The third-order valence-corrected chi connectivity index (χ3v) is 8.14. The van der Waals surface area contributed by atoms with Gasteiger partial charge in [0, 0.05) is 17.1 Å². The molecular weight excluding hydrogens is 534 g/mol. The molecule has 0 aliphatic carbocycles. The molecule has 0 fully saturated rings. The molecule has 1 N–H and O–H groups in total. The molecule has 208 valence electrons. The fourth-order valence-electron chi connectivity index (χ4n) is 3.97. The minimum Gasteiger partial charge on any atom is -0.350 e. The minimum absolute atomic E-state index is 0.0707. The van der Waals surface area contributed by atoms with E-state index in [0.29, 0.717) is 10.7 Å². The van der Waals surface area contributed by atoms with Crippen molar-refractivity contribution in [3.05, 3.63) is 94.5 Å². The highest BCUT2D eigenvalue weighted by Crippen LogP contribution is 2.25. The number of carbonyl (C=O) groups excluding carboxylic acids is 2. The number of anilines is 1. The maximum Gasteiger partial charge on any atom is 0.264 e. The highest BCUT2D eigenvalue weighted by Gasteiger charge is 2.33. The number of halogens is 1. The number of nitrogens with one attached hydrogen (secondary N) is 1. The Kier molecular flexibility index (Phi) is 9.46. The number of amides is 2. The predicted molar refractivity (Wildman–Crippen MR) is 156 cm³/mol. The summed E-state index contributed by atoms with van der Waals surface area (Å²) in [5.41, 5.74) is 2.42. The van der Waals surface area contributed by atoms with Crippen LogP contribution in [0.25, 0.3) is 0 Å². The van der Waals surface area contributed by atoms with Gasteiger partial charge in [-0.3, -0.25) is 13.9 Å². The Morgan fingerprint density at radius 3 is 2.03 bits per heavy atom. The summed E-state index contributed by atoms with van der Waals surface area (Å²) >= 11 is 6.18. The lowest BCUT2D eigenvalue weighted by Crippen LogP contribution is -2.54. The number of aryl methyl sites for hydroxylation is 2. The maximum atomic E-state index is 13.9. The van der Waals surface area contributed by atoms with Crippen LogP contribution < -0.4 is 9.62 Å². The van der Waals surface area contributed by atoms with Crippen LogP contribution in [-0.4, -0.2) is 43.3 Å². The van der Waals surface area contributed by atoms with Crippen molar-refractivity contribution in [2.24, 2.45) is 0 Å². The molecule has 0 radical (unpaired) electrons. The van der Waals surface area contributed by atoms with Crippen LogP contribution in [0.1, 0.15) is 44.4 Å². The lowest BCUT2D eigenvalue weighted by atomic mass is 10.1. The number of hydrogen-bond donors (Lipinski definition) is 1. The van der Waals surface area contributed by atoms with Crippen LogP contribution in [0.15, 0.2) is 77.7 Å². The van der Waals surface area contributed by atoms with Gasteiger partial charge in [0.2, 0.25) is 11.8 Å². The standard InChI is InChI=1S/C30H36ClN3O4S/c1-21-10-14-26(15-11-21)34(39(37,38)27-16-12-22(2)13-17-27)20-28(35)33(19-24-8-7-9-25(31)18-24)23(3)29(36)32-30(4,5)6/h7-18,23H,19-20H2,1-6H3,(H,32,36)/t23-/m0/s1. The van der Waals surface area contributed by atoms with Gasteiger partial charge in [-0.2, -0.15) is 0 Å². The number of hydrogen-bond acceptors (Lipinski definition) is 4. The molecule has 0 aliphatic heterocycles. The quantitative estimate of drug-likeness (QED) is 0.369. The van der Waals surface area contributed by atoms with Gasteiger partial charge >= 0.3 is 0 Å². The second kappa shape index (κ2) is 12.2. The molecule has 1 atom stereocenters. The first kappa shape index (κ1) is 30.2. The van der Waals surface area contributed by atoms with Crippen molar-refractivity contribution in [3.63, 3.8) is 0 Å². The van der Waals surface area contributed by atoms with Gasteiger partial charge < -0.3 is 10.2 Å². The van der Waals surface area contributed by atoms with E-state index in [4.69, 9.17) is 11.6 Å². The van der Waals surface area contributed by atoms with Gasteiger partial charge in [0.1, 0.15) is 12.6 Å². The van der Waals surface area contributed by atoms with Crippen LogP contribution in [0, 0.1) is 13.8 Å². The van der Waals surface area contributed by atoms with E-state index in [2.05, 4.69) is 5.32 Å². The van der Waals surface area contributed by atoms with Crippen molar-refractivity contribution in [3.8, 4) is 0 Å². The van der Waals surface area contributed by atoms with E-state index in [1.165, 1.54) is 17.0 Å². The summed E-state index contributed by atoms with van der Waals surface area (Å²) in [5.74, 6) is -0.871. The first-order chi connectivity index (χ1) is 18.2. The first-order valence-electron chi connectivity index (χ1n) is 12.7. The van der Waals surface area contributed by atoms with E-state index in [0.717, 1.165) is 21.0 Å². The Bertz CT molecular complexity index is 1420. The zero-order valence-corrected chi connectivity index (χ0v) is 24.8. The topological polar surface area (TPSA) is 86.8 Å². The van der Waals surface area contributed by atoms with E-state index < -0.39 is 34.1 Å². The molecular formula is C30H36ClN3O4S. The van der Waals surface area contributed by atoms with Gasteiger partial charge in [-0.15, -0.1) is 0 Å². The first-order valence-corrected chi connectivity index (χ1v) is 14.5. The van der Waals surface area contributed by atoms with Gasteiger partial charge in [0.05, 0.1) is 10.6 Å². The lowest BCUT2D eigenvalue weighted by Gasteiger charge is -2.33. The molecule has 0 aromatic heterocycles. The van der Waals surface area contributed by atoms with Crippen molar-refractivity contribution < 1.29 is 18.0 Å². The van der Waals surface area contributed by atoms with E-state index >= 15 is 0 Å². The number of rotatable bonds is 9. The number of carbonyl (C=O) groups is 2. The number of nitrogens with zero attached hydrogens (tertiary/aromatic N) is 2. The van der Waals surface area contributed by atoms with Gasteiger partial charge in [-0.05, 0) is 83.5 Å². The summed E-state index contributed by atoms with van der Waals surface area (Å²) < 4.78 is 28.8. The summed E-state index contributed by atoms with van der Waals surface area (Å²) in [7, 11) is -4.10. The molecule has 0 unspecified atom stereocenters. The highest BCUT2D eigenvalue weighted by atomic mass is 35.5. The van der Waals surface area contributed by atoms with Crippen LogP contribution >= 0.6 is 11.6 Å². The molecule has 7 nitrogen and oxygen atoms in total. The largest absolute Gasteiger partial charge is 0.350 e. The van der Waals surface area contributed by atoms with Gasteiger partial charge in [-0.25, -0.2) is 8.42 Å². The van der Waals surface area contributed by atoms with Crippen LogP contribution in [0.4, 0.5) is 5.69 Å². The Morgan fingerprint density at radius 1 is 0.923 bits per heavy atom. The Morgan fingerprint density at radius 2 is 1.49 bits per heavy atom. The molecule has 3 rings (SSSR count). The third kappa shape index (κ3) is 8.07. The van der Waals surface area contributed by atoms with Crippen molar-refractivity contribution in [2.75, 3.05) is 10.8 Å². The monoisotopic (exact) mass is 569 g/mol. The minimum atomic E-state index is -4.10. The Hall–Kier alpha value is -3.36. The average Bonchev–Trinajstić information content (AvgIpc) is 2.85. The van der Waals surface area contributed by atoms with Crippen LogP contribution in [0.3, 0.4) is 0 Å². The number of sulfonamides is 1. The molecule has 0 aliphatic rings. The van der Waals surface area contributed by atoms with E-state index in [-0.39, 0.29) is 17.3 Å². The van der Waals surface area contributed by atoms with E-state index in [1.54, 1.807) is 67.6 Å². The van der Waals surface area contributed by atoms with Crippen molar-refractivity contribution >= 4 is 39.1 Å². The Balaban J connectivity index is 2.03. The molecule has 3 aromatic rings. The maximum absolute atomic E-state index is 13.9. The second-order valence-electron chi connectivity index (χ2n) is 10.7. The van der Waals surface area contributed by atoms with E-state index in [1.807, 2.05) is 34.6 Å². The van der Waals surface area contributed by atoms with Gasteiger partial charge in [0.15, 0.2) is 0 Å². The fourth-order valence-corrected chi connectivity index (χ4v) is 5.59. The van der Waals surface area contributed by atoms with Crippen LogP contribution in [0.5, 0.6) is 0 Å². The predicted octanol–water partition coefficient (Wildman–Crippen LogP) is 5.48. The molecule has 3 aromatic carbocycles. The fraction of sp³-hybridized carbons (Fsp3) is 0.333. The third-order valence-electron chi connectivity index (χ3n) is 6.12. The van der Waals surface area contributed by atoms with Crippen LogP contribution in [0.2, 0.25) is 5.02 Å². The molecule has 0 saturated carbocycles. The molecule has 0 bridgehead atoms. The van der Waals surface area contributed by atoms with Crippen molar-refractivity contribution in [1.82, 2.24) is 10.2 Å². The zero-order chi connectivity index (χ0) is 29.0. The lowest BCUT2D eigenvalue weighted by molar-refractivity contribution is -0.140. The number of benzene rings is 3. The summed E-state index contributed by atoms with van der Waals surface area (Å²) in [4.78, 5) is 28.5. The molecule has 0 heterocycles. The molecule has 0 spiro atoms. The van der Waals surface area contributed by atoms with Gasteiger partial charge in [-0.1, -0.05) is 59.1 Å². The Labute approximate surface area is 236 Å². The summed E-state index contributed by atoms with van der Waals surface area (Å²) in [6.45, 7) is 10.5. The normalized spacial score (nSPS) is 12.5.